The number of nitrogens with one attached hydrogen (secondary N) is 3. The Kier molecular flexibility index (Phi) is 4.88. The van der Waals surface area contributed by atoms with Crippen molar-refractivity contribution in [2.45, 2.75) is 31.1 Å². The van der Waals surface area contributed by atoms with Gasteiger partial charge in [-0.25, -0.2) is 0 Å². The van der Waals surface area contributed by atoms with Gasteiger partial charge in [0.15, 0.2) is 0 Å². The third-order valence-corrected chi connectivity index (χ3v) is 6.31. The van der Waals surface area contributed by atoms with Crippen molar-refractivity contribution in [3.05, 3.63) is 41.3 Å². The van der Waals surface area contributed by atoms with Crippen LogP contribution in [0, 0.1) is 5.92 Å². The highest BCUT2D eigenvalue weighted by Gasteiger charge is 2.40. The minimum absolute atomic E-state index is 0.0497. The zero-order valence-corrected chi connectivity index (χ0v) is 15.5. The van der Waals surface area contributed by atoms with Gasteiger partial charge in [-0.3, -0.25) is 9.59 Å². The van der Waals surface area contributed by atoms with Crippen molar-refractivity contribution in [2.75, 3.05) is 11.9 Å². The fourth-order valence-electron chi connectivity index (χ4n) is 3.82. The summed E-state index contributed by atoms with van der Waals surface area (Å²) in [7, 11) is 0. The first-order chi connectivity index (χ1) is 13.3. The van der Waals surface area contributed by atoms with Gasteiger partial charge in [-0.1, -0.05) is 12.1 Å². The van der Waals surface area contributed by atoms with Gasteiger partial charge in [-0.15, -0.1) is 11.3 Å². The zero-order valence-electron chi connectivity index (χ0n) is 14.7. The van der Waals surface area contributed by atoms with Crippen molar-refractivity contribution < 1.29 is 22.8 Å². The molecule has 1 aromatic carbocycles. The van der Waals surface area contributed by atoms with Crippen LogP contribution in [0.3, 0.4) is 0 Å². The molecule has 3 N–H and O–H groups in total. The second kappa shape index (κ2) is 7.21. The maximum Gasteiger partial charge on any atom is 0.471 e. The van der Waals surface area contributed by atoms with Crippen LogP contribution in [-0.4, -0.2) is 36.6 Å². The monoisotopic (exact) mass is 409 g/mol. The van der Waals surface area contributed by atoms with E-state index < -0.39 is 12.1 Å². The first-order valence-electron chi connectivity index (χ1n) is 8.92. The summed E-state index contributed by atoms with van der Waals surface area (Å²) >= 11 is 1.27. The number of fused-ring (bicyclic) bond motifs is 2. The molecule has 2 amide bonds. The third kappa shape index (κ3) is 3.90. The number of amides is 2. The summed E-state index contributed by atoms with van der Waals surface area (Å²) in [5.74, 6) is -1.67. The smallest absolute Gasteiger partial charge is 0.348 e. The van der Waals surface area contributed by atoms with E-state index in [0.717, 1.165) is 24.3 Å². The molecule has 1 saturated heterocycles. The third-order valence-electron chi connectivity index (χ3n) is 5.17. The summed E-state index contributed by atoms with van der Waals surface area (Å²) < 4.78 is 37.2. The van der Waals surface area contributed by atoms with E-state index in [2.05, 4.69) is 10.6 Å². The Morgan fingerprint density at radius 2 is 1.96 bits per heavy atom. The van der Waals surface area contributed by atoms with Crippen molar-refractivity contribution in [3.63, 3.8) is 0 Å². The Hall–Kier alpha value is -2.39. The first-order valence-corrected chi connectivity index (χ1v) is 9.74. The van der Waals surface area contributed by atoms with Gasteiger partial charge < -0.3 is 16.0 Å². The summed E-state index contributed by atoms with van der Waals surface area (Å²) in [6.07, 6.45) is -2.91. The van der Waals surface area contributed by atoms with E-state index in [1.807, 2.05) is 5.32 Å². The molecule has 1 aliphatic carbocycles. The fourth-order valence-corrected chi connectivity index (χ4v) is 4.72. The maximum absolute atomic E-state index is 12.5. The Labute approximate surface area is 163 Å². The lowest BCUT2D eigenvalue weighted by Crippen LogP contribution is -2.43. The molecule has 2 aliphatic rings. The number of hydrogen-bond donors (Lipinski definition) is 3. The molecule has 5 nitrogen and oxygen atoms in total. The molecule has 3 unspecified atom stereocenters. The zero-order chi connectivity index (χ0) is 19.9. The lowest BCUT2D eigenvalue weighted by molar-refractivity contribution is -0.167. The van der Waals surface area contributed by atoms with Gasteiger partial charge in [-0.2, -0.15) is 13.2 Å². The number of halogens is 3. The predicted octanol–water partition coefficient (Wildman–Crippen LogP) is 3.40. The molecule has 1 aliphatic heterocycles. The number of carbonyl (C=O) groups is 2. The molecule has 2 heterocycles. The molecule has 28 heavy (non-hydrogen) atoms. The number of rotatable bonds is 4. The van der Waals surface area contributed by atoms with E-state index in [4.69, 9.17) is 0 Å². The average Bonchev–Trinajstić information content (AvgIpc) is 3.38. The minimum atomic E-state index is -4.95. The summed E-state index contributed by atoms with van der Waals surface area (Å²) in [6.45, 7) is 0.932. The second-order valence-electron chi connectivity index (χ2n) is 7.11. The molecule has 4 rings (SSSR count). The van der Waals surface area contributed by atoms with Crippen LogP contribution in [0.4, 0.5) is 18.9 Å². The van der Waals surface area contributed by atoms with Gasteiger partial charge in [0.25, 0.3) is 5.91 Å². The van der Waals surface area contributed by atoms with E-state index in [9.17, 15) is 22.8 Å². The van der Waals surface area contributed by atoms with Gasteiger partial charge in [0.1, 0.15) is 0 Å². The van der Waals surface area contributed by atoms with Gasteiger partial charge in [0.05, 0.1) is 4.88 Å². The highest BCUT2D eigenvalue weighted by Crippen LogP contribution is 2.33. The maximum atomic E-state index is 12.5. The number of piperidine rings is 1. The fraction of sp³-hybridized carbons (Fsp3) is 0.368. The van der Waals surface area contributed by atoms with Crippen molar-refractivity contribution in [1.29, 1.82) is 0 Å². The summed E-state index contributed by atoms with van der Waals surface area (Å²) in [5, 5.41) is 8.34. The van der Waals surface area contributed by atoms with Crippen LogP contribution in [-0.2, 0) is 4.79 Å². The minimum Gasteiger partial charge on any atom is -0.348 e. The number of carbonyl (C=O) groups excluding carboxylic acids is 2. The summed E-state index contributed by atoms with van der Waals surface area (Å²) in [5.41, 5.74) is 0.682. The normalized spacial score (nSPS) is 23.6. The molecule has 3 atom stereocenters. The SMILES string of the molecule is O=C(NC1CC2CC1CN2)c1ccc(-c2cccc(NC(=O)C(F)(F)F)c2)s1. The Morgan fingerprint density at radius 3 is 2.64 bits per heavy atom. The van der Waals surface area contributed by atoms with Crippen molar-refractivity contribution in [3.8, 4) is 10.4 Å². The van der Waals surface area contributed by atoms with Crippen LogP contribution in [0.5, 0.6) is 0 Å². The van der Waals surface area contributed by atoms with Crippen LogP contribution in [0.25, 0.3) is 10.4 Å². The molecule has 0 spiro atoms. The van der Waals surface area contributed by atoms with E-state index in [0.29, 0.717) is 22.4 Å². The molecule has 0 radical (unpaired) electrons. The highest BCUT2D eigenvalue weighted by molar-refractivity contribution is 7.17. The molecule has 1 aromatic heterocycles. The second-order valence-corrected chi connectivity index (χ2v) is 8.20. The lowest BCUT2D eigenvalue weighted by atomic mass is 10.0. The molecule has 1 saturated carbocycles. The first kappa shape index (κ1) is 18.9. The molecular weight excluding hydrogens is 391 g/mol. The van der Waals surface area contributed by atoms with Crippen LogP contribution in [0.15, 0.2) is 36.4 Å². The topological polar surface area (TPSA) is 70.2 Å². The van der Waals surface area contributed by atoms with E-state index in [-0.39, 0.29) is 17.6 Å². The average molecular weight is 409 g/mol. The predicted molar refractivity (Wildman–Crippen MR) is 100 cm³/mol. The van der Waals surface area contributed by atoms with Crippen LogP contribution < -0.4 is 16.0 Å². The Bertz CT molecular complexity index is 912. The van der Waals surface area contributed by atoms with Gasteiger partial charge >= 0.3 is 12.1 Å². The molecule has 148 valence electrons. The van der Waals surface area contributed by atoms with Gasteiger partial charge in [0, 0.05) is 29.2 Å². The van der Waals surface area contributed by atoms with Crippen LogP contribution in [0.2, 0.25) is 0 Å². The lowest BCUT2D eigenvalue weighted by Gasteiger charge is -2.23. The number of alkyl halides is 3. The molecule has 2 bridgehead atoms. The number of anilines is 1. The van der Waals surface area contributed by atoms with Crippen molar-refractivity contribution in [2.24, 2.45) is 5.92 Å². The van der Waals surface area contributed by atoms with E-state index >= 15 is 0 Å². The number of thiophene rings is 1. The quantitative estimate of drug-likeness (QED) is 0.725. The summed E-state index contributed by atoms with van der Waals surface area (Å²) in [6, 6.07) is 10.3. The van der Waals surface area contributed by atoms with Crippen LogP contribution in [0.1, 0.15) is 22.5 Å². The van der Waals surface area contributed by atoms with Gasteiger partial charge in [-0.05, 0) is 48.6 Å². The summed E-state index contributed by atoms with van der Waals surface area (Å²) in [4.78, 5) is 24.9. The largest absolute Gasteiger partial charge is 0.471 e. The number of benzene rings is 1. The molecule has 9 heteroatoms. The molecular formula is C19H18F3N3O2S. The Morgan fingerprint density at radius 1 is 1.14 bits per heavy atom. The van der Waals surface area contributed by atoms with Gasteiger partial charge in [0.2, 0.25) is 0 Å². The van der Waals surface area contributed by atoms with Crippen molar-refractivity contribution in [1.82, 2.24) is 10.6 Å². The Balaban J connectivity index is 1.44. The van der Waals surface area contributed by atoms with E-state index in [1.54, 1.807) is 24.3 Å². The van der Waals surface area contributed by atoms with Crippen molar-refractivity contribution >= 4 is 28.8 Å². The molecule has 2 aromatic rings. The number of hydrogen-bond acceptors (Lipinski definition) is 4. The highest BCUT2D eigenvalue weighted by atomic mass is 32.1. The van der Waals surface area contributed by atoms with E-state index in [1.165, 1.54) is 23.5 Å². The van der Waals surface area contributed by atoms with Crippen LogP contribution >= 0.6 is 11.3 Å². The standard InChI is InChI=1S/C19H18F3N3O2S/c20-19(21,22)18(27)24-12-3-1-2-10(6-12)15-4-5-16(28-15)17(26)25-14-8-13-7-11(14)9-23-13/h1-6,11,13-14,23H,7-9H2,(H,24,27)(H,25,26). The molecule has 2 fully saturated rings.